The Balaban J connectivity index is 2.68. The van der Waals surface area contributed by atoms with E-state index < -0.39 is 0 Å². The van der Waals surface area contributed by atoms with E-state index >= 15 is 0 Å². The van der Waals surface area contributed by atoms with E-state index in [4.69, 9.17) is 5.73 Å². The van der Waals surface area contributed by atoms with Crippen LogP contribution in [0, 0.1) is 0 Å². The minimum Gasteiger partial charge on any atom is -0.395 e. The Hall–Kier alpha value is -0.970. The lowest BCUT2D eigenvalue weighted by atomic mass is 10.0. The van der Waals surface area contributed by atoms with E-state index in [-0.39, 0.29) is 18.7 Å². The molecule has 0 spiro atoms. The molecule has 0 amide bonds. The number of aliphatic hydroxyl groups is 1. The van der Waals surface area contributed by atoms with Gasteiger partial charge >= 0.3 is 0 Å². The number of likely N-dealkylation sites (N-methyl/N-ethyl adjacent to an activating group) is 1. The van der Waals surface area contributed by atoms with Crippen LogP contribution >= 0.6 is 0 Å². The number of nitrogens with two attached hydrogens (primary N) is 1. The predicted molar refractivity (Wildman–Crippen MR) is 74.1 cm³/mol. The fourth-order valence-corrected chi connectivity index (χ4v) is 2.21. The Morgan fingerprint density at radius 3 is 2.67 bits per heavy atom. The minimum absolute atomic E-state index is 0.0111. The van der Waals surface area contributed by atoms with Crippen LogP contribution in [0.5, 0.6) is 0 Å². The molecule has 0 saturated carbocycles. The molecule has 2 unspecified atom stereocenters. The van der Waals surface area contributed by atoms with Crippen molar-refractivity contribution >= 4 is 0 Å². The maximum atomic E-state index is 9.56. The Bertz CT molecular complexity index is 318. The quantitative estimate of drug-likeness (QED) is 0.733. The number of pyridine rings is 1. The lowest BCUT2D eigenvalue weighted by molar-refractivity contribution is 0.0987. The van der Waals surface area contributed by atoms with Crippen molar-refractivity contribution < 1.29 is 5.11 Å². The van der Waals surface area contributed by atoms with Crippen LogP contribution in [0.15, 0.2) is 24.4 Å². The Labute approximate surface area is 110 Å². The van der Waals surface area contributed by atoms with Crippen molar-refractivity contribution in [1.29, 1.82) is 0 Å². The number of aliphatic hydroxyl groups excluding tert-OH is 1. The minimum atomic E-state index is 0.0111. The highest BCUT2D eigenvalue weighted by molar-refractivity contribution is 5.03. The fourth-order valence-electron chi connectivity index (χ4n) is 2.21. The molecule has 0 aromatic carbocycles. The summed E-state index contributed by atoms with van der Waals surface area (Å²) in [5.74, 6) is 0. The first-order valence-corrected chi connectivity index (χ1v) is 6.73. The topological polar surface area (TPSA) is 62.4 Å². The van der Waals surface area contributed by atoms with Gasteiger partial charge in [-0.05, 0) is 25.1 Å². The van der Waals surface area contributed by atoms with Gasteiger partial charge in [0.1, 0.15) is 0 Å². The standard InChI is InChI=1S/C14H25N3O/c1-3-7-13(15)14(11-18)17(4-2)10-12-8-5-6-9-16-12/h5-6,8-9,13-14,18H,3-4,7,10-11,15H2,1-2H3. The second kappa shape index (κ2) is 8.19. The SMILES string of the molecule is CCCC(N)C(CO)N(CC)Cc1ccccn1. The van der Waals surface area contributed by atoms with Crippen LogP contribution < -0.4 is 5.73 Å². The summed E-state index contributed by atoms with van der Waals surface area (Å²) in [4.78, 5) is 6.52. The van der Waals surface area contributed by atoms with Gasteiger partial charge in [-0.2, -0.15) is 0 Å². The first kappa shape index (κ1) is 15.1. The third-order valence-electron chi connectivity index (χ3n) is 3.27. The van der Waals surface area contributed by atoms with Gasteiger partial charge in [0, 0.05) is 24.8 Å². The van der Waals surface area contributed by atoms with Crippen molar-refractivity contribution in [2.45, 2.75) is 45.3 Å². The normalized spacial score (nSPS) is 14.7. The summed E-state index contributed by atoms with van der Waals surface area (Å²) in [5.41, 5.74) is 7.16. The van der Waals surface area contributed by atoms with Crippen molar-refractivity contribution in [3.8, 4) is 0 Å². The molecule has 3 N–H and O–H groups in total. The van der Waals surface area contributed by atoms with Crippen LogP contribution in [-0.2, 0) is 6.54 Å². The summed E-state index contributed by atoms with van der Waals surface area (Å²) in [6, 6.07) is 5.92. The van der Waals surface area contributed by atoms with Gasteiger partial charge in [-0.1, -0.05) is 26.3 Å². The first-order valence-electron chi connectivity index (χ1n) is 6.73. The third-order valence-corrected chi connectivity index (χ3v) is 3.27. The van der Waals surface area contributed by atoms with Gasteiger partial charge in [0.05, 0.1) is 12.3 Å². The van der Waals surface area contributed by atoms with Crippen molar-refractivity contribution in [3.05, 3.63) is 30.1 Å². The van der Waals surface area contributed by atoms with E-state index in [2.05, 4.69) is 23.7 Å². The van der Waals surface area contributed by atoms with E-state index in [9.17, 15) is 5.11 Å². The lowest BCUT2D eigenvalue weighted by Gasteiger charge is -2.33. The number of hydrogen-bond acceptors (Lipinski definition) is 4. The van der Waals surface area contributed by atoms with Gasteiger partial charge in [-0.25, -0.2) is 0 Å². The molecule has 0 aliphatic rings. The number of hydrogen-bond donors (Lipinski definition) is 2. The van der Waals surface area contributed by atoms with E-state index in [1.165, 1.54) is 0 Å². The molecule has 102 valence electrons. The average Bonchev–Trinajstić information content (AvgIpc) is 2.40. The van der Waals surface area contributed by atoms with E-state index in [0.29, 0.717) is 0 Å². The van der Waals surface area contributed by atoms with E-state index in [1.54, 1.807) is 6.20 Å². The number of rotatable bonds is 8. The predicted octanol–water partition coefficient (Wildman–Crippen LogP) is 1.39. The largest absolute Gasteiger partial charge is 0.395 e. The molecule has 18 heavy (non-hydrogen) atoms. The fraction of sp³-hybridized carbons (Fsp3) is 0.643. The third kappa shape index (κ3) is 4.37. The average molecular weight is 251 g/mol. The molecular formula is C14H25N3O. The summed E-state index contributed by atoms with van der Waals surface area (Å²) in [6.07, 6.45) is 3.77. The Kier molecular flexibility index (Phi) is 6.86. The molecule has 4 nitrogen and oxygen atoms in total. The molecule has 1 aromatic heterocycles. The number of aromatic nitrogens is 1. The van der Waals surface area contributed by atoms with Crippen molar-refractivity contribution in [2.24, 2.45) is 5.73 Å². The summed E-state index contributed by atoms with van der Waals surface area (Å²) >= 11 is 0. The maximum absolute atomic E-state index is 9.56. The zero-order chi connectivity index (χ0) is 13.4. The highest BCUT2D eigenvalue weighted by atomic mass is 16.3. The lowest BCUT2D eigenvalue weighted by Crippen LogP contribution is -2.49. The summed E-state index contributed by atoms with van der Waals surface area (Å²) in [5, 5.41) is 9.56. The second-order valence-corrected chi connectivity index (χ2v) is 4.59. The van der Waals surface area contributed by atoms with Crippen LogP contribution in [0.25, 0.3) is 0 Å². The van der Waals surface area contributed by atoms with Gasteiger partial charge in [-0.3, -0.25) is 9.88 Å². The van der Waals surface area contributed by atoms with Crippen LogP contribution in [0.1, 0.15) is 32.4 Å². The molecule has 4 heteroatoms. The monoisotopic (exact) mass is 251 g/mol. The summed E-state index contributed by atoms with van der Waals surface area (Å²) in [7, 11) is 0. The van der Waals surface area contributed by atoms with Gasteiger partial charge in [0.2, 0.25) is 0 Å². The molecule has 1 aromatic rings. The molecular weight excluding hydrogens is 226 g/mol. The van der Waals surface area contributed by atoms with Gasteiger partial charge in [-0.15, -0.1) is 0 Å². The molecule has 0 radical (unpaired) electrons. The summed E-state index contributed by atoms with van der Waals surface area (Å²) < 4.78 is 0. The van der Waals surface area contributed by atoms with Gasteiger partial charge in [0.15, 0.2) is 0 Å². The molecule has 2 atom stereocenters. The second-order valence-electron chi connectivity index (χ2n) is 4.59. The Morgan fingerprint density at radius 1 is 1.39 bits per heavy atom. The van der Waals surface area contributed by atoms with Crippen molar-refractivity contribution in [1.82, 2.24) is 9.88 Å². The van der Waals surface area contributed by atoms with Crippen LogP contribution in [0.2, 0.25) is 0 Å². The zero-order valence-electron chi connectivity index (χ0n) is 11.4. The van der Waals surface area contributed by atoms with Gasteiger partial charge < -0.3 is 10.8 Å². The molecule has 0 bridgehead atoms. The molecule has 0 fully saturated rings. The van der Waals surface area contributed by atoms with E-state index in [0.717, 1.165) is 31.6 Å². The maximum Gasteiger partial charge on any atom is 0.0602 e. The van der Waals surface area contributed by atoms with Gasteiger partial charge in [0.25, 0.3) is 0 Å². The molecule has 0 aliphatic heterocycles. The summed E-state index contributed by atoms with van der Waals surface area (Å²) in [6.45, 7) is 5.90. The zero-order valence-corrected chi connectivity index (χ0v) is 11.4. The van der Waals surface area contributed by atoms with Crippen LogP contribution in [0.4, 0.5) is 0 Å². The van der Waals surface area contributed by atoms with Crippen LogP contribution in [-0.4, -0.2) is 40.2 Å². The van der Waals surface area contributed by atoms with Crippen molar-refractivity contribution in [3.63, 3.8) is 0 Å². The van der Waals surface area contributed by atoms with Crippen molar-refractivity contribution in [2.75, 3.05) is 13.2 Å². The first-order chi connectivity index (χ1) is 8.72. The smallest absolute Gasteiger partial charge is 0.0602 e. The Morgan fingerprint density at radius 2 is 2.17 bits per heavy atom. The van der Waals surface area contributed by atoms with Crippen LogP contribution in [0.3, 0.4) is 0 Å². The highest BCUT2D eigenvalue weighted by Gasteiger charge is 2.22. The number of nitrogens with zero attached hydrogens (tertiary/aromatic N) is 2. The molecule has 1 rings (SSSR count). The molecule has 0 saturated heterocycles. The van der Waals surface area contributed by atoms with E-state index in [1.807, 2.05) is 18.2 Å². The molecule has 0 aliphatic carbocycles. The highest BCUT2D eigenvalue weighted by Crippen LogP contribution is 2.11. The molecule has 1 heterocycles.